The summed E-state index contributed by atoms with van der Waals surface area (Å²) in [5.41, 5.74) is 5.16. The average molecular weight is 497 g/mol. The van der Waals surface area contributed by atoms with Crippen LogP contribution in [0.25, 0.3) is 15.8 Å². The van der Waals surface area contributed by atoms with Crippen molar-refractivity contribution in [1.29, 1.82) is 0 Å². The number of pyridine rings is 1. The first kappa shape index (κ1) is 26.5. The third-order valence-electron chi connectivity index (χ3n) is 5.50. The number of alkyl halides is 3. The highest BCUT2D eigenvalue weighted by atomic mass is 32.1. The van der Waals surface area contributed by atoms with Crippen LogP contribution >= 0.6 is 11.3 Å². The van der Waals surface area contributed by atoms with Crippen LogP contribution in [0, 0.1) is 0 Å². The van der Waals surface area contributed by atoms with E-state index in [0.717, 1.165) is 63.0 Å². The predicted octanol–water partition coefficient (Wildman–Crippen LogP) is 8.72. The van der Waals surface area contributed by atoms with Gasteiger partial charge in [-0.1, -0.05) is 69.9 Å². The quantitative estimate of drug-likeness (QED) is 0.354. The second kappa shape index (κ2) is 12.0. The monoisotopic (exact) mass is 496 g/mol. The van der Waals surface area contributed by atoms with E-state index in [1.165, 1.54) is 12.1 Å². The lowest BCUT2D eigenvalue weighted by Crippen LogP contribution is -2.14. The van der Waals surface area contributed by atoms with Crippen molar-refractivity contribution in [3.8, 4) is 0 Å². The Morgan fingerprint density at radius 3 is 2.71 bits per heavy atom. The zero-order valence-electron chi connectivity index (χ0n) is 20.4. The maximum absolute atomic E-state index is 13.1. The van der Waals surface area contributed by atoms with Gasteiger partial charge in [0.1, 0.15) is 0 Å². The van der Waals surface area contributed by atoms with Gasteiger partial charge in [0.2, 0.25) is 0 Å². The number of hydrogen-bond donors (Lipinski definition) is 1. The van der Waals surface area contributed by atoms with E-state index in [1.54, 1.807) is 23.6 Å². The highest BCUT2D eigenvalue weighted by Crippen LogP contribution is 2.35. The van der Waals surface area contributed by atoms with Crippen molar-refractivity contribution in [2.75, 3.05) is 6.54 Å². The van der Waals surface area contributed by atoms with Gasteiger partial charge in [-0.15, -0.1) is 11.3 Å². The van der Waals surface area contributed by atoms with Crippen LogP contribution in [0.15, 0.2) is 84.7 Å². The van der Waals surface area contributed by atoms with E-state index in [0.29, 0.717) is 12.0 Å². The summed E-state index contributed by atoms with van der Waals surface area (Å²) < 4.78 is 40.3. The van der Waals surface area contributed by atoms with Crippen LogP contribution in [0.2, 0.25) is 0 Å². The standard InChI is InChI=1S/C27H25F3N2S.C2H6/c1-3-13-31-18(2)20-7-5-8-21(11-10-20)24-12-14-32-25-17-23(33-26(24)25)16-19-6-4-9-22(15-19)27(28,29)30;1-2/h4-9,11-12,14-15,17,31H,2-3,10,13,16H2,1H3;1-2H3. The van der Waals surface area contributed by atoms with E-state index in [-0.39, 0.29) is 0 Å². The Bertz CT molecular complexity index is 1260. The highest BCUT2D eigenvalue weighted by molar-refractivity contribution is 7.19. The van der Waals surface area contributed by atoms with Gasteiger partial charge in [0.15, 0.2) is 0 Å². The van der Waals surface area contributed by atoms with Crippen LogP contribution in [0.3, 0.4) is 0 Å². The van der Waals surface area contributed by atoms with Crippen LogP contribution in [-0.4, -0.2) is 11.5 Å². The molecule has 0 saturated heterocycles. The van der Waals surface area contributed by atoms with Gasteiger partial charge in [-0.2, -0.15) is 13.2 Å². The summed E-state index contributed by atoms with van der Waals surface area (Å²) in [6, 6.07) is 9.50. The molecule has 0 spiro atoms. The topological polar surface area (TPSA) is 24.9 Å². The van der Waals surface area contributed by atoms with Crippen molar-refractivity contribution in [2.24, 2.45) is 0 Å². The molecule has 1 aliphatic rings. The van der Waals surface area contributed by atoms with Crippen molar-refractivity contribution in [2.45, 2.75) is 46.2 Å². The lowest BCUT2D eigenvalue weighted by Gasteiger charge is -2.10. The van der Waals surface area contributed by atoms with E-state index in [9.17, 15) is 13.2 Å². The molecular weight excluding hydrogens is 465 g/mol. The third kappa shape index (κ3) is 6.73. The second-order valence-electron chi connectivity index (χ2n) is 7.98. The van der Waals surface area contributed by atoms with Crippen LogP contribution < -0.4 is 5.32 Å². The van der Waals surface area contributed by atoms with Crippen molar-refractivity contribution < 1.29 is 13.2 Å². The van der Waals surface area contributed by atoms with Crippen molar-refractivity contribution in [3.63, 3.8) is 0 Å². The molecule has 2 heterocycles. The molecule has 1 aliphatic carbocycles. The normalized spacial score (nSPS) is 13.4. The number of nitrogens with one attached hydrogen (secondary N) is 1. The molecule has 0 radical (unpaired) electrons. The summed E-state index contributed by atoms with van der Waals surface area (Å²) in [4.78, 5) is 5.48. The minimum Gasteiger partial charge on any atom is -0.385 e. The van der Waals surface area contributed by atoms with Gasteiger partial charge >= 0.3 is 6.18 Å². The maximum Gasteiger partial charge on any atom is 0.416 e. The molecule has 0 aliphatic heterocycles. The lowest BCUT2D eigenvalue weighted by molar-refractivity contribution is -0.137. The fourth-order valence-electron chi connectivity index (χ4n) is 3.80. The molecular formula is C29H31F3N2S. The molecule has 0 saturated carbocycles. The summed E-state index contributed by atoms with van der Waals surface area (Å²) in [6.07, 6.45) is 8.09. The molecule has 0 bridgehead atoms. The zero-order chi connectivity index (χ0) is 25.4. The molecule has 0 atom stereocenters. The van der Waals surface area contributed by atoms with Crippen molar-refractivity contribution in [3.05, 3.63) is 106 Å². The van der Waals surface area contributed by atoms with E-state index in [1.807, 2.05) is 32.1 Å². The van der Waals surface area contributed by atoms with Gasteiger partial charge in [0, 0.05) is 35.3 Å². The molecule has 1 aromatic carbocycles. The Kier molecular flexibility index (Phi) is 9.10. The Morgan fingerprint density at radius 1 is 1.17 bits per heavy atom. The summed E-state index contributed by atoms with van der Waals surface area (Å²) in [5.74, 6) is 0. The first-order valence-corrected chi connectivity index (χ1v) is 12.7. The molecule has 6 heteroatoms. The molecule has 0 unspecified atom stereocenters. The highest BCUT2D eigenvalue weighted by Gasteiger charge is 2.30. The van der Waals surface area contributed by atoms with Gasteiger partial charge in [-0.3, -0.25) is 4.98 Å². The van der Waals surface area contributed by atoms with Crippen LogP contribution in [0.4, 0.5) is 13.2 Å². The molecule has 184 valence electrons. The molecule has 2 aromatic heterocycles. The first-order chi connectivity index (χ1) is 16.8. The van der Waals surface area contributed by atoms with E-state index >= 15 is 0 Å². The van der Waals surface area contributed by atoms with E-state index in [4.69, 9.17) is 0 Å². The van der Waals surface area contributed by atoms with Crippen molar-refractivity contribution in [1.82, 2.24) is 10.3 Å². The Balaban J connectivity index is 0.00000167. The van der Waals surface area contributed by atoms with Gasteiger partial charge in [0.25, 0.3) is 0 Å². The number of benzene rings is 1. The summed E-state index contributed by atoms with van der Waals surface area (Å²) in [5, 5.41) is 3.35. The minimum absolute atomic E-state index is 0.438. The largest absolute Gasteiger partial charge is 0.416 e. The molecule has 0 fully saturated rings. The van der Waals surface area contributed by atoms with Gasteiger partial charge < -0.3 is 5.32 Å². The number of rotatable bonds is 7. The Labute approximate surface area is 209 Å². The SMILES string of the molecule is C=C(NCCC)C1=CC=CC(c2ccnc3cc(Cc4cccc(C(F)(F)F)c4)sc23)=CC1.CC. The van der Waals surface area contributed by atoms with Gasteiger partial charge in [-0.25, -0.2) is 0 Å². The molecule has 3 aromatic rings. The lowest BCUT2D eigenvalue weighted by atomic mass is 10.0. The number of aromatic nitrogens is 1. The third-order valence-corrected chi connectivity index (χ3v) is 6.66. The average Bonchev–Trinajstić information content (AvgIpc) is 3.10. The van der Waals surface area contributed by atoms with Crippen molar-refractivity contribution >= 4 is 27.1 Å². The van der Waals surface area contributed by atoms with Crippen LogP contribution in [0.5, 0.6) is 0 Å². The van der Waals surface area contributed by atoms with Crippen LogP contribution in [0.1, 0.15) is 55.2 Å². The zero-order valence-corrected chi connectivity index (χ0v) is 21.2. The van der Waals surface area contributed by atoms with E-state index in [2.05, 4.69) is 42.0 Å². The Morgan fingerprint density at radius 2 is 1.97 bits per heavy atom. The van der Waals surface area contributed by atoms with Gasteiger partial charge in [0.05, 0.1) is 15.8 Å². The fraction of sp³-hybridized carbons (Fsp3) is 0.276. The molecule has 0 amide bonds. The summed E-state index contributed by atoms with van der Waals surface area (Å²) in [6.45, 7) is 11.2. The number of allylic oxidation sites excluding steroid dienone is 6. The fourth-order valence-corrected chi connectivity index (χ4v) is 4.98. The number of nitrogens with zero attached hydrogens (tertiary/aromatic N) is 1. The first-order valence-electron chi connectivity index (χ1n) is 11.9. The Hall–Kier alpha value is -3.12. The van der Waals surface area contributed by atoms with Crippen LogP contribution in [-0.2, 0) is 12.6 Å². The molecule has 2 nitrogen and oxygen atoms in total. The number of fused-ring (bicyclic) bond motifs is 1. The summed E-state index contributed by atoms with van der Waals surface area (Å²) in [7, 11) is 0. The predicted molar refractivity (Wildman–Crippen MR) is 142 cm³/mol. The maximum atomic E-state index is 13.1. The minimum atomic E-state index is -4.34. The number of thiophene rings is 1. The summed E-state index contributed by atoms with van der Waals surface area (Å²) >= 11 is 1.59. The molecule has 1 N–H and O–H groups in total. The second-order valence-corrected chi connectivity index (χ2v) is 9.12. The molecule has 4 rings (SSSR count). The number of hydrogen-bond acceptors (Lipinski definition) is 3. The molecule has 35 heavy (non-hydrogen) atoms. The van der Waals surface area contributed by atoms with Gasteiger partial charge in [-0.05, 0) is 47.8 Å². The number of halogens is 3. The van der Waals surface area contributed by atoms with E-state index < -0.39 is 11.7 Å². The smallest absolute Gasteiger partial charge is 0.385 e.